The van der Waals surface area contributed by atoms with Crippen molar-refractivity contribution < 1.29 is 4.79 Å². The molecule has 2 N–H and O–H groups in total. The van der Waals surface area contributed by atoms with E-state index in [0.29, 0.717) is 16.1 Å². The summed E-state index contributed by atoms with van der Waals surface area (Å²) in [4.78, 5) is 12.7. The van der Waals surface area contributed by atoms with E-state index in [1.807, 2.05) is 6.07 Å². The van der Waals surface area contributed by atoms with Gasteiger partial charge in [0.15, 0.2) is 0 Å². The number of hydrogen-bond acceptors (Lipinski definition) is 3. The topological polar surface area (TPSA) is 43.1 Å². The molecule has 0 bridgehead atoms. The van der Waals surface area contributed by atoms with Crippen LogP contribution in [0.2, 0.25) is 10.0 Å². The molecule has 0 aliphatic heterocycles. The standard InChI is InChI=1S/C11H6BrCl2NOS/c12-9-2-1-8(17-9)11(16)5-3-6(13)10(14)7(15)4-5/h1-4H,15H2. The van der Waals surface area contributed by atoms with Gasteiger partial charge in [-0.3, -0.25) is 4.79 Å². The minimum absolute atomic E-state index is 0.119. The number of hydrogen-bond donors (Lipinski definition) is 1. The molecule has 2 aromatic rings. The number of carbonyl (C=O) groups is 1. The van der Waals surface area contributed by atoms with Crippen molar-refractivity contribution in [3.63, 3.8) is 0 Å². The van der Waals surface area contributed by atoms with Gasteiger partial charge in [-0.25, -0.2) is 0 Å². The second-order valence-corrected chi connectivity index (χ2v) is 6.54. The number of nitrogen functional groups attached to an aromatic ring is 1. The van der Waals surface area contributed by atoms with Gasteiger partial charge in [-0.1, -0.05) is 23.2 Å². The fourth-order valence-corrected chi connectivity index (χ4v) is 3.00. The minimum atomic E-state index is -0.119. The van der Waals surface area contributed by atoms with E-state index in [-0.39, 0.29) is 15.8 Å². The van der Waals surface area contributed by atoms with Crippen molar-refractivity contribution in [3.05, 3.63) is 48.5 Å². The molecule has 0 radical (unpaired) electrons. The van der Waals surface area contributed by atoms with Gasteiger partial charge in [0, 0.05) is 5.56 Å². The third-order valence-electron chi connectivity index (χ3n) is 2.12. The lowest BCUT2D eigenvalue weighted by Crippen LogP contribution is -2.00. The van der Waals surface area contributed by atoms with Crippen LogP contribution in [-0.2, 0) is 0 Å². The first-order chi connectivity index (χ1) is 7.99. The number of anilines is 1. The molecule has 0 spiro atoms. The average molecular weight is 351 g/mol. The zero-order valence-corrected chi connectivity index (χ0v) is 12.3. The highest BCUT2D eigenvalue weighted by atomic mass is 79.9. The summed E-state index contributed by atoms with van der Waals surface area (Å²) >= 11 is 16.4. The first-order valence-electron chi connectivity index (χ1n) is 4.53. The van der Waals surface area contributed by atoms with Crippen molar-refractivity contribution in [2.75, 3.05) is 5.73 Å². The summed E-state index contributed by atoms with van der Waals surface area (Å²) in [7, 11) is 0. The van der Waals surface area contributed by atoms with E-state index in [1.54, 1.807) is 6.07 Å². The third kappa shape index (κ3) is 2.65. The van der Waals surface area contributed by atoms with Crippen molar-refractivity contribution in [2.24, 2.45) is 0 Å². The van der Waals surface area contributed by atoms with Gasteiger partial charge < -0.3 is 5.73 Å². The zero-order chi connectivity index (χ0) is 12.6. The van der Waals surface area contributed by atoms with Gasteiger partial charge in [-0.2, -0.15) is 0 Å². The van der Waals surface area contributed by atoms with Crippen LogP contribution in [-0.4, -0.2) is 5.78 Å². The van der Waals surface area contributed by atoms with E-state index in [9.17, 15) is 4.79 Å². The van der Waals surface area contributed by atoms with Crippen LogP contribution in [0.1, 0.15) is 15.2 Å². The number of benzene rings is 1. The molecule has 6 heteroatoms. The zero-order valence-electron chi connectivity index (χ0n) is 8.34. The largest absolute Gasteiger partial charge is 0.397 e. The SMILES string of the molecule is Nc1cc(C(=O)c2ccc(Br)s2)cc(Cl)c1Cl. The summed E-state index contributed by atoms with van der Waals surface area (Å²) in [6.07, 6.45) is 0. The average Bonchev–Trinajstić information content (AvgIpc) is 2.71. The van der Waals surface area contributed by atoms with Crippen molar-refractivity contribution in [2.45, 2.75) is 0 Å². The molecule has 1 aromatic heterocycles. The highest BCUT2D eigenvalue weighted by molar-refractivity contribution is 9.11. The molecule has 0 aliphatic rings. The molecule has 2 nitrogen and oxygen atoms in total. The van der Waals surface area contributed by atoms with E-state index in [2.05, 4.69) is 15.9 Å². The second-order valence-electron chi connectivity index (χ2n) is 3.29. The Balaban J connectivity index is 2.44. The van der Waals surface area contributed by atoms with Gasteiger partial charge in [0.1, 0.15) is 0 Å². The van der Waals surface area contributed by atoms with Crippen LogP contribution in [0.3, 0.4) is 0 Å². The summed E-state index contributed by atoms with van der Waals surface area (Å²) in [5.74, 6) is -0.119. The maximum Gasteiger partial charge on any atom is 0.203 e. The minimum Gasteiger partial charge on any atom is -0.397 e. The van der Waals surface area contributed by atoms with Gasteiger partial charge in [0.25, 0.3) is 0 Å². The molecule has 2 rings (SSSR count). The summed E-state index contributed by atoms with van der Waals surface area (Å²) in [5, 5.41) is 0.557. The Kier molecular flexibility index (Phi) is 3.78. The molecular weight excluding hydrogens is 345 g/mol. The molecule has 0 amide bonds. The van der Waals surface area contributed by atoms with Crippen LogP contribution < -0.4 is 5.73 Å². The predicted molar refractivity (Wildman–Crippen MR) is 76.3 cm³/mol. The second kappa shape index (κ2) is 4.98. The molecule has 0 atom stereocenters. The Bertz CT molecular complexity index is 574. The molecule has 17 heavy (non-hydrogen) atoms. The molecule has 0 saturated carbocycles. The summed E-state index contributed by atoms with van der Waals surface area (Å²) in [6.45, 7) is 0. The van der Waals surface area contributed by atoms with Crippen molar-refractivity contribution in [1.82, 2.24) is 0 Å². The first-order valence-corrected chi connectivity index (χ1v) is 6.90. The van der Waals surface area contributed by atoms with E-state index in [0.717, 1.165) is 3.79 Å². The monoisotopic (exact) mass is 349 g/mol. The molecule has 0 aliphatic carbocycles. The number of carbonyl (C=O) groups excluding carboxylic acids is 1. The molecule has 1 aromatic carbocycles. The molecule has 0 saturated heterocycles. The van der Waals surface area contributed by atoms with Crippen LogP contribution in [0.15, 0.2) is 28.1 Å². The quantitative estimate of drug-likeness (QED) is 0.633. The Morgan fingerprint density at radius 1 is 1.29 bits per heavy atom. The molecule has 88 valence electrons. The molecule has 0 unspecified atom stereocenters. The fraction of sp³-hybridized carbons (Fsp3) is 0. The maximum absolute atomic E-state index is 12.1. The van der Waals surface area contributed by atoms with Gasteiger partial charge in [-0.15, -0.1) is 11.3 Å². The highest BCUT2D eigenvalue weighted by Crippen LogP contribution is 2.31. The van der Waals surface area contributed by atoms with Gasteiger partial charge in [0.2, 0.25) is 5.78 Å². The van der Waals surface area contributed by atoms with Crippen molar-refractivity contribution >= 4 is 61.9 Å². The maximum atomic E-state index is 12.1. The third-order valence-corrected chi connectivity index (χ3v) is 4.55. The van der Waals surface area contributed by atoms with Gasteiger partial charge in [-0.05, 0) is 40.2 Å². The Hall–Kier alpha value is -0.550. The van der Waals surface area contributed by atoms with Crippen LogP contribution in [0.25, 0.3) is 0 Å². The number of ketones is 1. The summed E-state index contributed by atoms with van der Waals surface area (Å²) in [5.41, 5.74) is 6.41. The number of nitrogens with two attached hydrogens (primary N) is 1. The van der Waals surface area contributed by atoms with E-state index in [4.69, 9.17) is 28.9 Å². The van der Waals surface area contributed by atoms with Crippen molar-refractivity contribution in [3.8, 4) is 0 Å². The highest BCUT2D eigenvalue weighted by Gasteiger charge is 2.14. The summed E-state index contributed by atoms with van der Waals surface area (Å²) in [6, 6.07) is 6.62. The number of thiophene rings is 1. The van der Waals surface area contributed by atoms with Gasteiger partial charge >= 0.3 is 0 Å². The number of halogens is 3. The number of rotatable bonds is 2. The Labute approximate surface area is 120 Å². The lowest BCUT2D eigenvalue weighted by molar-refractivity contribution is 0.104. The molecular formula is C11H6BrCl2NOS. The van der Waals surface area contributed by atoms with Crippen LogP contribution in [0.4, 0.5) is 5.69 Å². The Morgan fingerprint density at radius 2 is 2.00 bits per heavy atom. The predicted octanol–water partition coefficient (Wildman–Crippen LogP) is 4.63. The normalized spacial score (nSPS) is 10.5. The van der Waals surface area contributed by atoms with Crippen LogP contribution >= 0.6 is 50.5 Å². The van der Waals surface area contributed by atoms with Crippen LogP contribution in [0.5, 0.6) is 0 Å². The van der Waals surface area contributed by atoms with Crippen molar-refractivity contribution in [1.29, 1.82) is 0 Å². The lowest BCUT2D eigenvalue weighted by Gasteiger charge is -2.04. The Morgan fingerprint density at radius 3 is 2.53 bits per heavy atom. The first kappa shape index (κ1) is 12.9. The van der Waals surface area contributed by atoms with Crippen LogP contribution in [0, 0.1) is 0 Å². The van der Waals surface area contributed by atoms with E-state index < -0.39 is 0 Å². The fourth-order valence-electron chi connectivity index (χ4n) is 1.32. The molecule has 0 fully saturated rings. The molecule has 1 heterocycles. The lowest BCUT2D eigenvalue weighted by atomic mass is 10.1. The van der Waals surface area contributed by atoms with Gasteiger partial charge in [0.05, 0.1) is 24.4 Å². The van der Waals surface area contributed by atoms with E-state index >= 15 is 0 Å². The smallest absolute Gasteiger partial charge is 0.203 e. The van der Waals surface area contributed by atoms with E-state index in [1.165, 1.54) is 23.5 Å². The summed E-state index contributed by atoms with van der Waals surface area (Å²) < 4.78 is 0.897.